The van der Waals surface area contributed by atoms with E-state index >= 15 is 0 Å². The molecule has 0 aromatic heterocycles. The van der Waals surface area contributed by atoms with Gasteiger partial charge in [0.25, 0.3) is 5.69 Å². The van der Waals surface area contributed by atoms with Gasteiger partial charge in [-0.3, -0.25) is 14.8 Å². The zero-order valence-electron chi connectivity index (χ0n) is 12.1. The fourth-order valence-corrected chi connectivity index (χ4v) is 2.57. The zero-order chi connectivity index (χ0) is 16.0. The van der Waals surface area contributed by atoms with Gasteiger partial charge in [-0.05, 0) is 6.07 Å². The fourth-order valence-electron chi connectivity index (χ4n) is 1.59. The Morgan fingerprint density at radius 1 is 1.38 bits per heavy atom. The van der Waals surface area contributed by atoms with Gasteiger partial charge in [-0.1, -0.05) is 13.8 Å². The number of rotatable bonds is 8. The minimum Gasteiger partial charge on any atom is -0.495 e. The van der Waals surface area contributed by atoms with Crippen molar-refractivity contribution >= 4 is 21.4 Å². The summed E-state index contributed by atoms with van der Waals surface area (Å²) in [6.07, 6.45) is 0. The summed E-state index contributed by atoms with van der Waals surface area (Å²) in [6.45, 7) is 4.09. The third-order valence-electron chi connectivity index (χ3n) is 2.58. The Hall–Kier alpha value is -1.87. The first-order valence-corrected chi connectivity index (χ1v) is 7.96. The third kappa shape index (κ3) is 5.56. The van der Waals surface area contributed by atoms with Gasteiger partial charge < -0.3 is 10.1 Å². The van der Waals surface area contributed by atoms with Crippen molar-refractivity contribution in [1.82, 2.24) is 5.32 Å². The molecule has 2 N–H and O–H groups in total. The van der Waals surface area contributed by atoms with Crippen molar-refractivity contribution in [2.75, 3.05) is 24.1 Å². The molecule has 0 aliphatic rings. The average Bonchev–Trinajstić information content (AvgIpc) is 2.37. The summed E-state index contributed by atoms with van der Waals surface area (Å²) in [7, 11) is -2.26. The summed E-state index contributed by atoms with van der Waals surface area (Å²) in [5, 5.41) is 13.7. The first kappa shape index (κ1) is 17.2. The second kappa shape index (κ2) is 7.23. The predicted molar refractivity (Wildman–Crippen MR) is 80.2 cm³/mol. The van der Waals surface area contributed by atoms with Gasteiger partial charge in [-0.25, -0.2) is 8.42 Å². The molecule has 0 unspecified atom stereocenters. The Morgan fingerprint density at radius 2 is 2.05 bits per heavy atom. The lowest BCUT2D eigenvalue weighted by Crippen LogP contribution is -2.31. The molecular formula is C12H19N3O5S. The molecular weight excluding hydrogens is 298 g/mol. The fraction of sp³-hybridized carbons (Fsp3) is 0.500. The van der Waals surface area contributed by atoms with Crippen LogP contribution in [0.1, 0.15) is 13.8 Å². The number of hydrogen-bond donors (Lipinski definition) is 2. The van der Waals surface area contributed by atoms with Crippen LogP contribution in [0.2, 0.25) is 0 Å². The number of nitro groups is 1. The predicted octanol–water partition coefficient (Wildman–Crippen LogP) is 1.34. The molecule has 0 amide bonds. The van der Waals surface area contributed by atoms with Crippen molar-refractivity contribution in [3.63, 3.8) is 0 Å². The zero-order valence-corrected chi connectivity index (χ0v) is 12.9. The van der Waals surface area contributed by atoms with Gasteiger partial charge in [0.2, 0.25) is 10.0 Å². The van der Waals surface area contributed by atoms with Crippen LogP contribution in [0.3, 0.4) is 0 Å². The van der Waals surface area contributed by atoms with Crippen LogP contribution >= 0.6 is 0 Å². The van der Waals surface area contributed by atoms with Crippen molar-refractivity contribution in [2.45, 2.75) is 19.9 Å². The molecule has 0 heterocycles. The normalized spacial score (nSPS) is 11.4. The number of nitro benzene ring substituents is 1. The first-order chi connectivity index (χ1) is 9.75. The molecule has 0 saturated carbocycles. The maximum Gasteiger partial charge on any atom is 0.271 e. The Kier molecular flexibility index (Phi) is 5.91. The lowest BCUT2D eigenvalue weighted by molar-refractivity contribution is -0.384. The smallest absolute Gasteiger partial charge is 0.271 e. The molecule has 1 aromatic carbocycles. The van der Waals surface area contributed by atoms with Gasteiger partial charge in [0.05, 0.1) is 23.5 Å². The summed E-state index contributed by atoms with van der Waals surface area (Å²) < 4.78 is 31.2. The number of non-ortho nitro benzene ring substituents is 1. The van der Waals surface area contributed by atoms with E-state index in [0.717, 1.165) is 6.07 Å². The minimum atomic E-state index is -3.62. The Bertz CT molecular complexity index is 601. The molecule has 0 spiro atoms. The molecule has 0 atom stereocenters. The van der Waals surface area contributed by atoms with Crippen LogP contribution in [0.25, 0.3) is 0 Å². The van der Waals surface area contributed by atoms with Crippen molar-refractivity contribution in [2.24, 2.45) is 0 Å². The molecule has 8 nitrogen and oxygen atoms in total. The highest BCUT2D eigenvalue weighted by atomic mass is 32.2. The molecule has 0 saturated heterocycles. The highest BCUT2D eigenvalue weighted by molar-refractivity contribution is 7.92. The second-order valence-electron chi connectivity index (χ2n) is 4.67. The molecule has 21 heavy (non-hydrogen) atoms. The Morgan fingerprint density at radius 3 is 2.57 bits per heavy atom. The summed E-state index contributed by atoms with van der Waals surface area (Å²) in [6, 6.07) is 3.90. The summed E-state index contributed by atoms with van der Waals surface area (Å²) >= 11 is 0. The van der Waals surface area contributed by atoms with E-state index < -0.39 is 14.9 Å². The largest absolute Gasteiger partial charge is 0.495 e. The van der Waals surface area contributed by atoms with Gasteiger partial charge >= 0.3 is 0 Å². The number of sulfonamides is 1. The molecule has 0 radical (unpaired) electrons. The monoisotopic (exact) mass is 317 g/mol. The number of hydrogen-bond acceptors (Lipinski definition) is 6. The number of nitrogens with zero attached hydrogens (tertiary/aromatic N) is 1. The molecule has 1 aromatic rings. The van der Waals surface area contributed by atoms with Gasteiger partial charge in [0.15, 0.2) is 0 Å². The molecule has 1 rings (SSSR count). The van der Waals surface area contributed by atoms with Gasteiger partial charge in [0.1, 0.15) is 5.75 Å². The van der Waals surface area contributed by atoms with Crippen molar-refractivity contribution in [1.29, 1.82) is 0 Å². The number of ether oxygens (including phenoxy) is 1. The van der Waals surface area contributed by atoms with Crippen LogP contribution < -0.4 is 14.8 Å². The van der Waals surface area contributed by atoms with E-state index in [1.165, 1.54) is 19.2 Å². The van der Waals surface area contributed by atoms with E-state index in [0.29, 0.717) is 0 Å². The summed E-state index contributed by atoms with van der Waals surface area (Å²) in [5.41, 5.74) is -0.162. The number of benzene rings is 1. The van der Waals surface area contributed by atoms with E-state index in [2.05, 4.69) is 10.0 Å². The number of methoxy groups -OCH3 is 1. The van der Waals surface area contributed by atoms with E-state index in [1.54, 1.807) is 0 Å². The van der Waals surface area contributed by atoms with Crippen molar-refractivity contribution < 1.29 is 18.1 Å². The maximum atomic E-state index is 12.0. The van der Waals surface area contributed by atoms with E-state index in [-0.39, 0.29) is 35.5 Å². The van der Waals surface area contributed by atoms with Gasteiger partial charge in [-0.2, -0.15) is 0 Å². The second-order valence-corrected chi connectivity index (χ2v) is 6.51. The average molecular weight is 317 g/mol. The van der Waals surface area contributed by atoms with Crippen LogP contribution in [-0.2, 0) is 10.0 Å². The quantitative estimate of drug-likeness (QED) is 0.553. The molecule has 0 fully saturated rings. The molecule has 118 valence electrons. The van der Waals surface area contributed by atoms with Crippen LogP contribution in [0.15, 0.2) is 18.2 Å². The van der Waals surface area contributed by atoms with Crippen molar-refractivity contribution in [3.8, 4) is 5.75 Å². The molecule has 0 aliphatic carbocycles. The van der Waals surface area contributed by atoms with Crippen LogP contribution in [0.5, 0.6) is 5.75 Å². The van der Waals surface area contributed by atoms with Crippen LogP contribution in [0.4, 0.5) is 11.4 Å². The third-order valence-corrected chi connectivity index (χ3v) is 3.86. The molecule has 0 bridgehead atoms. The SMILES string of the molecule is COc1ccc([N+](=O)[O-])cc1NS(=O)(=O)CCNC(C)C. The standard InChI is InChI=1S/C12H19N3O5S/c1-9(2)13-6-7-21(18,19)14-11-8-10(15(16)17)4-5-12(11)20-3/h4-5,8-9,13-14H,6-7H2,1-3H3. The van der Waals surface area contributed by atoms with Crippen LogP contribution in [0, 0.1) is 10.1 Å². The van der Waals surface area contributed by atoms with Gasteiger partial charge in [0, 0.05) is 24.7 Å². The van der Waals surface area contributed by atoms with E-state index in [4.69, 9.17) is 4.74 Å². The minimum absolute atomic E-state index is 0.0521. The lowest BCUT2D eigenvalue weighted by atomic mass is 10.2. The van der Waals surface area contributed by atoms with Crippen molar-refractivity contribution in [3.05, 3.63) is 28.3 Å². The number of anilines is 1. The van der Waals surface area contributed by atoms with Crippen LogP contribution in [-0.4, -0.2) is 38.8 Å². The van der Waals surface area contributed by atoms with E-state index in [9.17, 15) is 18.5 Å². The van der Waals surface area contributed by atoms with Gasteiger partial charge in [-0.15, -0.1) is 0 Å². The summed E-state index contributed by atoms with van der Waals surface area (Å²) in [5.74, 6) is 0.0813. The topological polar surface area (TPSA) is 111 Å². The Balaban J connectivity index is 2.89. The molecule has 0 aliphatic heterocycles. The summed E-state index contributed by atoms with van der Waals surface area (Å²) in [4.78, 5) is 10.1. The lowest BCUT2D eigenvalue weighted by Gasteiger charge is -2.12. The number of nitrogens with one attached hydrogen (secondary N) is 2. The highest BCUT2D eigenvalue weighted by Crippen LogP contribution is 2.29. The Labute approximate surface area is 123 Å². The first-order valence-electron chi connectivity index (χ1n) is 6.31. The highest BCUT2D eigenvalue weighted by Gasteiger charge is 2.17. The van der Waals surface area contributed by atoms with E-state index in [1.807, 2.05) is 13.8 Å². The maximum absolute atomic E-state index is 12.0. The molecule has 9 heteroatoms.